The highest BCUT2D eigenvalue weighted by molar-refractivity contribution is 5.10. The van der Waals surface area contributed by atoms with Crippen molar-refractivity contribution in [2.24, 2.45) is 11.7 Å². The number of aromatic nitrogens is 2. The van der Waals surface area contributed by atoms with E-state index in [0.717, 1.165) is 18.5 Å². The zero-order valence-electron chi connectivity index (χ0n) is 10.5. The van der Waals surface area contributed by atoms with E-state index in [1.54, 1.807) is 0 Å². The molecule has 1 aromatic rings. The summed E-state index contributed by atoms with van der Waals surface area (Å²) >= 11 is 0. The van der Waals surface area contributed by atoms with Crippen molar-refractivity contribution in [3.63, 3.8) is 0 Å². The van der Waals surface area contributed by atoms with E-state index in [1.807, 2.05) is 12.5 Å². The van der Waals surface area contributed by atoms with E-state index in [9.17, 15) is 0 Å². The van der Waals surface area contributed by atoms with Gasteiger partial charge in [0.1, 0.15) is 0 Å². The first-order valence-corrected chi connectivity index (χ1v) is 6.79. The first-order chi connectivity index (χ1) is 8.33. The van der Waals surface area contributed by atoms with Gasteiger partial charge >= 0.3 is 0 Å². The summed E-state index contributed by atoms with van der Waals surface area (Å²) in [6.45, 7) is 5.08. The third-order valence-corrected chi connectivity index (χ3v) is 4.50. The number of fused-ring (bicyclic) bond motifs is 2. The predicted octanol–water partition coefficient (Wildman–Crippen LogP) is 1.39. The Labute approximate surface area is 103 Å². The van der Waals surface area contributed by atoms with Crippen LogP contribution in [0.25, 0.3) is 0 Å². The highest BCUT2D eigenvalue weighted by atomic mass is 15.3. The zero-order chi connectivity index (χ0) is 11.8. The van der Waals surface area contributed by atoms with Crippen molar-refractivity contribution < 1.29 is 0 Å². The Bertz CT molecular complexity index is 387. The van der Waals surface area contributed by atoms with E-state index in [0.29, 0.717) is 12.6 Å². The van der Waals surface area contributed by atoms with Gasteiger partial charge in [-0.1, -0.05) is 0 Å². The maximum absolute atomic E-state index is 6.02. The van der Waals surface area contributed by atoms with Gasteiger partial charge in [0.15, 0.2) is 0 Å². The van der Waals surface area contributed by atoms with Crippen LogP contribution >= 0.6 is 0 Å². The highest BCUT2D eigenvalue weighted by Gasteiger charge is 2.41. The third-order valence-electron chi connectivity index (χ3n) is 4.50. The summed E-state index contributed by atoms with van der Waals surface area (Å²) in [6.07, 6.45) is 8.09. The van der Waals surface area contributed by atoms with Gasteiger partial charge in [-0.15, -0.1) is 0 Å². The van der Waals surface area contributed by atoms with Crippen molar-refractivity contribution in [3.05, 3.63) is 18.2 Å². The number of nitrogens with two attached hydrogens (primary N) is 1. The number of aryl methyl sites for hydroxylation is 1. The molecule has 0 radical (unpaired) electrons. The van der Waals surface area contributed by atoms with E-state index in [4.69, 9.17) is 5.73 Å². The Balaban J connectivity index is 1.84. The fraction of sp³-hybridized carbons (Fsp3) is 0.769. The zero-order valence-corrected chi connectivity index (χ0v) is 10.5. The Morgan fingerprint density at radius 2 is 2.41 bits per heavy atom. The summed E-state index contributed by atoms with van der Waals surface area (Å²) in [4.78, 5) is 6.90. The van der Waals surface area contributed by atoms with Gasteiger partial charge in [-0.3, -0.25) is 4.90 Å². The van der Waals surface area contributed by atoms with Gasteiger partial charge in [-0.2, -0.15) is 0 Å². The summed E-state index contributed by atoms with van der Waals surface area (Å²) in [5.41, 5.74) is 7.31. The van der Waals surface area contributed by atoms with E-state index >= 15 is 0 Å². The minimum absolute atomic E-state index is 0.368. The first kappa shape index (κ1) is 11.2. The number of imidazole rings is 1. The Hall–Kier alpha value is -0.870. The van der Waals surface area contributed by atoms with Crippen LogP contribution in [0.1, 0.15) is 37.9 Å². The average molecular weight is 234 g/mol. The number of nitrogens with zero attached hydrogens (tertiary/aromatic N) is 3. The summed E-state index contributed by atoms with van der Waals surface area (Å²) in [5, 5.41) is 0. The lowest BCUT2D eigenvalue weighted by Gasteiger charge is -2.34. The smallest absolute Gasteiger partial charge is 0.0948 e. The second kappa shape index (κ2) is 4.42. The average Bonchev–Trinajstić information content (AvgIpc) is 3.05. The van der Waals surface area contributed by atoms with E-state index in [1.165, 1.54) is 31.5 Å². The molecular weight excluding hydrogens is 212 g/mol. The Morgan fingerprint density at radius 3 is 3.00 bits per heavy atom. The van der Waals surface area contributed by atoms with Crippen LogP contribution < -0.4 is 5.73 Å². The molecule has 2 bridgehead atoms. The maximum atomic E-state index is 6.02. The number of hydrogen-bond donors (Lipinski definition) is 1. The van der Waals surface area contributed by atoms with E-state index in [-0.39, 0.29) is 0 Å². The molecule has 2 N–H and O–H groups in total. The minimum Gasteiger partial charge on any atom is -0.333 e. The van der Waals surface area contributed by atoms with Gasteiger partial charge in [0.25, 0.3) is 0 Å². The van der Waals surface area contributed by atoms with Crippen LogP contribution in [0.3, 0.4) is 0 Å². The highest BCUT2D eigenvalue weighted by Crippen LogP contribution is 2.41. The topological polar surface area (TPSA) is 47.1 Å². The van der Waals surface area contributed by atoms with Crippen molar-refractivity contribution in [1.29, 1.82) is 0 Å². The van der Waals surface area contributed by atoms with Crippen molar-refractivity contribution in [2.75, 3.05) is 13.1 Å². The second-order valence-electron chi connectivity index (χ2n) is 5.39. The van der Waals surface area contributed by atoms with Crippen molar-refractivity contribution >= 4 is 0 Å². The third kappa shape index (κ3) is 1.79. The molecule has 3 atom stereocenters. The molecule has 94 valence electrons. The van der Waals surface area contributed by atoms with Gasteiger partial charge in [0, 0.05) is 31.9 Å². The molecule has 2 fully saturated rings. The van der Waals surface area contributed by atoms with Crippen molar-refractivity contribution in [3.8, 4) is 0 Å². The Kier molecular flexibility index (Phi) is 2.92. The quantitative estimate of drug-likeness (QED) is 0.856. The van der Waals surface area contributed by atoms with Gasteiger partial charge < -0.3 is 10.3 Å². The molecule has 3 unspecified atom stereocenters. The molecule has 4 nitrogen and oxygen atoms in total. The molecule has 3 rings (SSSR count). The predicted molar refractivity (Wildman–Crippen MR) is 67.5 cm³/mol. The Morgan fingerprint density at radius 1 is 1.53 bits per heavy atom. The molecule has 1 saturated carbocycles. The van der Waals surface area contributed by atoms with Gasteiger partial charge in [0.05, 0.1) is 18.1 Å². The molecule has 0 amide bonds. The minimum atomic E-state index is 0.368. The number of hydrogen-bond acceptors (Lipinski definition) is 3. The van der Waals surface area contributed by atoms with Crippen LogP contribution in [0.2, 0.25) is 0 Å². The molecule has 0 aromatic carbocycles. The van der Waals surface area contributed by atoms with Gasteiger partial charge in [-0.25, -0.2) is 4.98 Å². The monoisotopic (exact) mass is 234 g/mol. The normalized spacial score (nSPS) is 30.0. The van der Waals surface area contributed by atoms with E-state index in [2.05, 4.69) is 21.4 Å². The lowest BCUT2D eigenvalue weighted by Crippen LogP contribution is -2.40. The van der Waals surface area contributed by atoms with Crippen LogP contribution in [-0.4, -0.2) is 33.6 Å². The standard InChI is InChI=1S/C13H22N4/c1-2-16-9-15-7-13(16)12(6-14)17-8-10-3-4-11(17)5-10/h7,9-12H,2-6,8,14H2,1H3. The lowest BCUT2D eigenvalue weighted by atomic mass is 10.1. The summed E-state index contributed by atoms with van der Waals surface area (Å²) in [5.74, 6) is 0.923. The number of rotatable bonds is 4. The SMILES string of the molecule is CCn1cncc1C(CN)N1CC2CCC1C2. The molecule has 1 saturated heterocycles. The van der Waals surface area contributed by atoms with Crippen LogP contribution in [0.15, 0.2) is 12.5 Å². The fourth-order valence-corrected chi connectivity index (χ4v) is 3.64. The molecule has 1 aliphatic carbocycles. The van der Waals surface area contributed by atoms with Gasteiger partial charge in [-0.05, 0) is 32.1 Å². The molecular formula is C13H22N4. The summed E-state index contributed by atoms with van der Waals surface area (Å²) < 4.78 is 2.23. The largest absolute Gasteiger partial charge is 0.333 e. The van der Waals surface area contributed by atoms with Crippen LogP contribution in [0.5, 0.6) is 0 Å². The molecule has 17 heavy (non-hydrogen) atoms. The second-order valence-corrected chi connectivity index (χ2v) is 5.39. The van der Waals surface area contributed by atoms with Crippen molar-refractivity contribution in [1.82, 2.24) is 14.5 Å². The maximum Gasteiger partial charge on any atom is 0.0948 e. The first-order valence-electron chi connectivity index (χ1n) is 6.79. The summed E-state index contributed by atoms with van der Waals surface area (Å²) in [7, 11) is 0. The molecule has 2 aliphatic rings. The van der Waals surface area contributed by atoms with Gasteiger partial charge in [0.2, 0.25) is 0 Å². The van der Waals surface area contributed by atoms with Crippen LogP contribution in [0, 0.1) is 5.92 Å². The number of piperidine rings is 1. The molecule has 4 heteroatoms. The fourth-order valence-electron chi connectivity index (χ4n) is 3.64. The molecule has 2 heterocycles. The van der Waals surface area contributed by atoms with Crippen molar-refractivity contribution in [2.45, 2.75) is 44.8 Å². The molecule has 1 aromatic heterocycles. The van der Waals surface area contributed by atoms with Crippen LogP contribution in [-0.2, 0) is 6.54 Å². The molecule has 0 spiro atoms. The lowest BCUT2D eigenvalue weighted by molar-refractivity contribution is 0.147. The van der Waals surface area contributed by atoms with E-state index < -0.39 is 0 Å². The van der Waals surface area contributed by atoms with Crippen LogP contribution in [0.4, 0.5) is 0 Å². The number of likely N-dealkylation sites (tertiary alicyclic amines) is 1. The molecule has 1 aliphatic heterocycles. The summed E-state index contributed by atoms with van der Waals surface area (Å²) in [6, 6.07) is 1.14.